The highest BCUT2D eigenvalue weighted by atomic mass is 127. The van der Waals surface area contributed by atoms with Gasteiger partial charge < -0.3 is 29.9 Å². The maximum absolute atomic E-state index is 12.2. The van der Waals surface area contributed by atoms with Crippen molar-refractivity contribution in [2.45, 2.75) is 52.6 Å². The summed E-state index contributed by atoms with van der Waals surface area (Å²) in [4.78, 5) is 21.0. The van der Waals surface area contributed by atoms with E-state index in [1.807, 2.05) is 25.7 Å². The summed E-state index contributed by atoms with van der Waals surface area (Å²) in [6, 6.07) is 0. The molecule has 1 aliphatic rings. The number of ether oxygens (including phenoxy) is 2. The Kier molecular flexibility index (Phi) is 15.5. The van der Waals surface area contributed by atoms with Crippen LogP contribution in [0.15, 0.2) is 4.99 Å². The number of carbonyl (C=O) groups excluding carboxylic acids is 1. The Morgan fingerprint density at radius 3 is 2.43 bits per heavy atom. The van der Waals surface area contributed by atoms with Gasteiger partial charge in [0.05, 0.1) is 0 Å². The molecule has 30 heavy (non-hydrogen) atoms. The lowest BCUT2D eigenvalue weighted by atomic mass is 9.97. The Morgan fingerprint density at radius 2 is 1.87 bits per heavy atom. The van der Waals surface area contributed by atoms with Gasteiger partial charge in [-0.2, -0.15) is 0 Å². The average Bonchev–Trinajstić information content (AvgIpc) is 2.65. The van der Waals surface area contributed by atoms with E-state index in [9.17, 15) is 4.79 Å². The molecule has 0 aromatic heterocycles. The lowest BCUT2D eigenvalue weighted by Gasteiger charge is -2.33. The van der Waals surface area contributed by atoms with Gasteiger partial charge in [-0.1, -0.05) is 0 Å². The third-order valence-electron chi connectivity index (χ3n) is 4.79. The van der Waals surface area contributed by atoms with Gasteiger partial charge in [0.1, 0.15) is 5.60 Å². The maximum atomic E-state index is 12.2. The third-order valence-corrected chi connectivity index (χ3v) is 4.79. The van der Waals surface area contributed by atoms with E-state index in [0.717, 1.165) is 77.6 Å². The SMILES string of the molecule is CCNC(=NCC1CCN(C(=O)OC(C)(C)C)CC1)NCCN(C)CCCOC.I. The van der Waals surface area contributed by atoms with Crippen LogP contribution in [0.3, 0.4) is 0 Å². The Bertz CT molecular complexity index is 492. The first-order valence-electron chi connectivity index (χ1n) is 10.9. The van der Waals surface area contributed by atoms with Crippen molar-refractivity contribution in [3.05, 3.63) is 0 Å². The van der Waals surface area contributed by atoms with Gasteiger partial charge in [0.2, 0.25) is 0 Å². The zero-order valence-electron chi connectivity index (χ0n) is 19.8. The van der Waals surface area contributed by atoms with Crippen molar-refractivity contribution in [1.82, 2.24) is 20.4 Å². The van der Waals surface area contributed by atoms with Crippen LogP contribution < -0.4 is 10.6 Å². The second-order valence-electron chi connectivity index (χ2n) is 8.71. The van der Waals surface area contributed by atoms with Crippen LogP contribution in [0.2, 0.25) is 0 Å². The number of hydrogen-bond donors (Lipinski definition) is 2. The minimum atomic E-state index is -0.442. The highest BCUT2D eigenvalue weighted by molar-refractivity contribution is 14.0. The molecule has 1 rings (SSSR count). The van der Waals surface area contributed by atoms with Crippen LogP contribution in [-0.2, 0) is 9.47 Å². The molecule has 9 heteroatoms. The number of hydrogen-bond acceptors (Lipinski definition) is 5. The molecule has 0 spiro atoms. The molecule has 178 valence electrons. The van der Waals surface area contributed by atoms with Gasteiger partial charge in [-0.3, -0.25) is 4.99 Å². The smallest absolute Gasteiger partial charge is 0.410 e. The molecule has 1 fully saturated rings. The Labute approximate surface area is 200 Å². The summed E-state index contributed by atoms with van der Waals surface area (Å²) in [5.41, 5.74) is -0.442. The fraction of sp³-hybridized carbons (Fsp3) is 0.905. The van der Waals surface area contributed by atoms with E-state index in [4.69, 9.17) is 14.5 Å². The molecule has 1 amide bonds. The van der Waals surface area contributed by atoms with Crippen LogP contribution in [0.4, 0.5) is 4.79 Å². The average molecular weight is 542 g/mol. The summed E-state index contributed by atoms with van der Waals surface area (Å²) in [7, 11) is 3.86. The van der Waals surface area contributed by atoms with E-state index in [1.165, 1.54) is 0 Å². The van der Waals surface area contributed by atoms with E-state index in [-0.39, 0.29) is 30.1 Å². The lowest BCUT2D eigenvalue weighted by molar-refractivity contribution is 0.0187. The summed E-state index contributed by atoms with van der Waals surface area (Å²) in [6.45, 7) is 14.5. The molecule has 0 aromatic rings. The van der Waals surface area contributed by atoms with Gasteiger partial charge in [0.15, 0.2) is 5.96 Å². The normalized spacial score (nSPS) is 15.7. The van der Waals surface area contributed by atoms with Crippen LogP contribution in [0.1, 0.15) is 47.0 Å². The number of halogens is 1. The topological polar surface area (TPSA) is 78.4 Å². The number of guanidine groups is 1. The van der Waals surface area contributed by atoms with Gasteiger partial charge in [0, 0.05) is 59.5 Å². The van der Waals surface area contributed by atoms with Crippen molar-refractivity contribution in [2.24, 2.45) is 10.9 Å². The first-order chi connectivity index (χ1) is 13.7. The zero-order valence-corrected chi connectivity index (χ0v) is 22.2. The second kappa shape index (κ2) is 15.9. The number of likely N-dealkylation sites (tertiary alicyclic amines) is 1. The van der Waals surface area contributed by atoms with E-state index in [1.54, 1.807) is 7.11 Å². The first kappa shape index (κ1) is 29.2. The summed E-state index contributed by atoms with van der Waals surface area (Å²) in [6.07, 6.45) is 2.77. The molecule has 1 heterocycles. The summed E-state index contributed by atoms with van der Waals surface area (Å²) in [5.74, 6) is 1.37. The molecule has 0 aromatic carbocycles. The lowest BCUT2D eigenvalue weighted by Crippen LogP contribution is -2.43. The van der Waals surface area contributed by atoms with Crippen molar-refractivity contribution in [2.75, 3.05) is 66.6 Å². The molecule has 0 bridgehead atoms. The monoisotopic (exact) mass is 541 g/mol. The fourth-order valence-corrected chi connectivity index (χ4v) is 3.14. The van der Waals surface area contributed by atoms with Gasteiger partial charge >= 0.3 is 6.09 Å². The number of nitrogens with zero attached hydrogens (tertiary/aromatic N) is 3. The Balaban J connectivity index is 0.00000841. The van der Waals surface area contributed by atoms with Crippen molar-refractivity contribution in [1.29, 1.82) is 0 Å². The highest BCUT2D eigenvalue weighted by Gasteiger charge is 2.26. The summed E-state index contributed by atoms with van der Waals surface area (Å²) in [5, 5.41) is 6.73. The van der Waals surface area contributed by atoms with Crippen molar-refractivity contribution < 1.29 is 14.3 Å². The third kappa shape index (κ3) is 13.5. The van der Waals surface area contributed by atoms with Crippen LogP contribution in [-0.4, -0.2) is 94.0 Å². The Hall–Kier alpha value is -0.810. The number of amides is 1. The van der Waals surface area contributed by atoms with Crippen molar-refractivity contribution in [3.8, 4) is 0 Å². The number of carbonyl (C=O) groups is 1. The van der Waals surface area contributed by atoms with Crippen LogP contribution >= 0.6 is 24.0 Å². The molecule has 8 nitrogen and oxygen atoms in total. The molecular formula is C21H44IN5O3. The molecule has 1 saturated heterocycles. The van der Waals surface area contributed by atoms with E-state index in [0.29, 0.717) is 5.92 Å². The zero-order chi connectivity index (χ0) is 21.7. The van der Waals surface area contributed by atoms with Crippen molar-refractivity contribution in [3.63, 3.8) is 0 Å². The standard InChI is InChI=1S/C21H43N5O3.HI/c1-7-22-19(23-11-15-25(5)12-8-16-28-6)24-17-18-9-13-26(14-10-18)20(27)29-21(2,3)4;/h18H,7-17H2,1-6H3,(H2,22,23,24);1H. The van der Waals surface area contributed by atoms with Gasteiger partial charge in [-0.15, -0.1) is 24.0 Å². The molecule has 0 atom stereocenters. The number of likely N-dealkylation sites (N-methyl/N-ethyl adjacent to an activating group) is 1. The Morgan fingerprint density at radius 1 is 1.20 bits per heavy atom. The minimum absolute atomic E-state index is 0. The quantitative estimate of drug-likeness (QED) is 0.192. The molecule has 0 aliphatic carbocycles. The second-order valence-corrected chi connectivity index (χ2v) is 8.71. The summed E-state index contributed by atoms with van der Waals surface area (Å²) >= 11 is 0. The number of nitrogens with one attached hydrogen (secondary N) is 2. The number of piperidine rings is 1. The van der Waals surface area contributed by atoms with Crippen molar-refractivity contribution >= 4 is 36.0 Å². The largest absolute Gasteiger partial charge is 0.444 e. The van der Waals surface area contributed by atoms with Crippen LogP contribution in [0.25, 0.3) is 0 Å². The predicted octanol–water partition coefficient (Wildman–Crippen LogP) is 2.77. The maximum Gasteiger partial charge on any atom is 0.410 e. The van der Waals surface area contributed by atoms with E-state index >= 15 is 0 Å². The molecule has 0 unspecified atom stereocenters. The molecule has 0 radical (unpaired) electrons. The van der Waals surface area contributed by atoms with E-state index < -0.39 is 5.60 Å². The summed E-state index contributed by atoms with van der Waals surface area (Å²) < 4.78 is 10.6. The highest BCUT2D eigenvalue weighted by Crippen LogP contribution is 2.19. The number of methoxy groups -OCH3 is 1. The van der Waals surface area contributed by atoms with Gasteiger partial charge in [-0.05, 0) is 59.9 Å². The van der Waals surface area contributed by atoms with Crippen LogP contribution in [0.5, 0.6) is 0 Å². The molecular weight excluding hydrogens is 497 g/mol. The van der Waals surface area contributed by atoms with E-state index in [2.05, 4.69) is 29.5 Å². The van der Waals surface area contributed by atoms with Gasteiger partial charge in [0.25, 0.3) is 0 Å². The molecule has 1 aliphatic heterocycles. The van der Waals surface area contributed by atoms with Crippen LogP contribution in [0, 0.1) is 5.92 Å². The minimum Gasteiger partial charge on any atom is -0.444 e. The number of rotatable bonds is 10. The molecule has 0 saturated carbocycles. The predicted molar refractivity (Wildman–Crippen MR) is 134 cm³/mol. The molecule has 2 N–H and O–H groups in total. The van der Waals surface area contributed by atoms with Gasteiger partial charge in [-0.25, -0.2) is 4.79 Å². The first-order valence-corrected chi connectivity index (χ1v) is 10.9. The number of aliphatic imine (C=N–C) groups is 1. The fourth-order valence-electron chi connectivity index (χ4n) is 3.14.